The molecular formula is C17H20N2O5. The van der Waals surface area contributed by atoms with E-state index in [9.17, 15) is 24.3 Å². The number of nitrogens with two attached hydrogens (primary N) is 1. The van der Waals surface area contributed by atoms with Gasteiger partial charge in [0.05, 0.1) is 16.5 Å². The molecule has 128 valence electrons. The molecule has 1 aliphatic rings. The van der Waals surface area contributed by atoms with Crippen LogP contribution in [0.3, 0.4) is 0 Å². The van der Waals surface area contributed by atoms with Crippen LogP contribution < -0.4 is 5.73 Å². The standard InChI is InChI=1S/C17H20N2O5/c1-16(2,17(3,4)15(18)24)11(14(22)23)19-12(20)9-7-5-6-8-10(9)13(19)21/h5-8,11H,1-4H3,(H2,18,24)(H,22,23). The highest BCUT2D eigenvalue weighted by molar-refractivity contribution is 6.22. The summed E-state index contributed by atoms with van der Waals surface area (Å²) in [5.41, 5.74) is 3.17. The average Bonchev–Trinajstić information content (AvgIpc) is 2.72. The Balaban J connectivity index is 2.59. The minimum atomic E-state index is -1.53. The second-order valence-corrected chi connectivity index (χ2v) is 6.98. The monoisotopic (exact) mass is 332 g/mol. The summed E-state index contributed by atoms with van der Waals surface area (Å²) in [5, 5.41) is 9.73. The van der Waals surface area contributed by atoms with Crippen molar-refractivity contribution in [1.29, 1.82) is 0 Å². The van der Waals surface area contributed by atoms with Crippen molar-refractivity contribution in [2.45, 2.75) is 33.7 Å². The molecule has 3 N–H and O–H groups in total. The number of carbonyl (C=O) groups is 4. The van der Waals surface area contributed by atoms with E-state index in [0.29, 0.717) is 0 Å². The number of hydrogen-bond acceptors (Lipinski definition) is 4. The zero-order valence-electron chi connectivity index (χ0n) is 14.0. The molecule has 1 heterocycles. The predicted molar refractivity (Wildman–Crippen MR) is 85.1 cm³/mol. The molecule has 24 heavy (non-hydrogen) atoms. The third-order valence-corrected chi connectivity index (χ3v) is 5.23. The average molecular weight is 332 g/mol. The van der Waals surface area contributed by atoms with E-state index >= 15 is 0 Å². The molecule has 7 nitrogen and oxygen atoms in total. The van der Waals surface area contributed by atoms with E-state index in [0.717, 1.165) is 4.90 Å². The van der Waals surface area contributed by atoms with Crippen molar-refractivity contribution in [3.05, 3.63) is 35.4 Å². The van der Waals surface area contributed by atoms with Crippen molar-refractivity contribution in [2.75, 3.05) is 0 Å². The Labute approximate surface area is 139 Å². The Morgan fingerprint density at radius 2 is 1.46 bits per heavy atom. The molecule has 1 aliphatic heterocycles. The first kappa shape index (κ1) is 17.7. The van der Waals surface area contributed by atoms with Crippen LogP contribution in [-0.4, -0.2) is 39.7 Å². The van der Waals surface area contributed by atoms with Crippen LogP contribution in [0.4, 0.5) is 0 Å². The molecule has 0 bridgehead atoms. The van der Waals surface area contributed by atoms with E-state index in [2.05, 4.69) is 0 Å². The molecule has 0 aromatic heterocycles. The summed E-state index contributed by atoms with van der Waals surface area (Å²) in [6.07, 6.45) is 0. The van der Waals surface area contributed by atoms with E-state index in [1.165, 1.54) is 39.8 Å². The van der Waals surface area contributed by atoms with Crippen molar-refractivity contribution in [1.82, 2.24) is 4.90 Å². The van der Waals surface area contributed by atoms with Gasteiger partial charge in [0.2, 0.25) is 5.91 Å². The number of aliphatic carboxylic acids is 1. The van der Waals surface area contributed by atoms with Crippen molar-refractivity contribution in [3.63, 3.8) is 0 Å². The van der Waals surface area contributed by atoms with Gasteiger partial charge in [0.25, 0.3) is 11.8 Å². The first-order chi connectivity index (χ1) is 10.9. The topological polar surface area (TPSA) is 118 Å². The zero-order valence-corrected chi connectivity index (χ0v) is 14.0. The minimum absolute atomic E-state index is 0.154. The second kappa shape index (κ2) is 5.43. The highest BCUT2D eigenvalue weighted by Crippen LogP contribution is 2.45. The van der Waals surface area contributed by atoms with Crippen molar-refractivity contribution < 1.29 is 24.3 Å². The molecule has 0 saturated carbocycles. The summed E-state index contributed by atoms with van der Waals surface area (Å²) in [5.74, 6) is -3.45. The number of imide groups is 1. The van der Waals surface area contributed by atoms with Gasteiger partial charge in [-0.1, -0.05) is 39.8 Å². The van der Waals surface area contributed by atoms with Gasteiger partial charge in [-0.3, -0.25) is 19.3 Å². The van der Waals surface area contributed by atoms with Gasteiger partial charge >= 0.3 is 5.97 Å². The maximum atomic E-state index is 12.6. The second-order valence-electron chi connectivity index (χ2n) is 6.98. The molecule has 1 unspecified atom stereocenters. The molecule has 0 radical (unpaired) electrons. The van der Waals surface area contributed by atoms with Gasteiger partial charge in [-0.2, -0.15) is 0 Å². The maximum Gasteiger partial charge on any atom is 0.327 e. The summed E-state index contributed by atoms with van der Waals surface area (Å²) < 4.78 is 0. The largest absolute Gasteiger partial charge is 0.480 e. The summed E-state index contributed by atoms with van der Waals surface area (Å²) in [6, 6.07) is 4.61. The van der Waals surface area contributed by atoms with Crippen molar-refractivity contribution >= 4 is 23.7 Å². The number of carbonyl (C=O) groups excluding carboxylic acids is 3. The van der Waals surface area contributed by atoms with Gasteiger partial charge in [0.1, 0.15) is 6.04 Å². The lowest BCUT2D eigenvalue weighted by Gasteiger charge is -2.45. The number of carboxylic acid groups (broad SMARTS) is 1. The summed E-state index contributed by atoms with van der Waals surface area (Å²) in [4.78, 5) is 49.7. The molecule has 0 saturated heterocycles. The Bertz CT molecular complexity index is 716. The van der Waals surface area contributed by atoms with Gasteiger partial charge < -0.3 is 10.8 Å². The van der Waals surface area contributed by atoms with Crippen molar-refractivity contribution in [3.8, 4) is 0 Å². The zero-order chi connectivity index (χ0) is 18.4. The third-order valence-electron chi connectivity index (χ3n) is 5.23. The molecule has 1 atom stereocenters. The lowest BCUT2D eigenvalue weighted by molar-refractivity contribution is -0.152. The lowest BCUT2D eigenvalue weighted by atomic mass is 9.62. The Morgan fingerprint density at radius 3 is 1.79 bits per heavy atom. The van der Waals surface area contributed by atoms with Crippen LogP contribution in [0.1, 0.15) is 48.4 Å². The van der Waals surface area contributed by atoms with E-state index in [4.69, 9.17) is 5.73 Å². The van der Waals surface area contributed by atoms with Gasteiger partial charge in [0.15, 0.2) is 0 Å². The quantitative estimate of drug-likeness (QED) is 0.787. The number of primary amides is 1. The molecule has 2 rings (SSSR count). The summed E-state index contributed by atoms with van der Waals surface area (Å²) in [6.45, 7) is 6.03. The highest BCUT2D eigenvalue weighted by atomic mass is 16.4. The molecule has 0 aliphatic carbocycles. The fourth-order valence-corrected chi connectivity index (χ4v) is 2.84. The number of benzene rings is 1. The number of amides is 3. The predicted octanol–water partition coefficient (Wildman–Crippen LogP) is 1.27. The van der Waals surface area contributed by atoms with E-state index in [1.807, 2.05) is 0 Å². The SMILES string of the molecule is CC(C)(C(N)=O)C(C)(C)C(C(=O)O)N1C(=O)c2ccccc2C1=O. The molecule has 7 heteroatoms. The molecule has 0 fully saturated rings. The van der Waals surface area contributed by atoms with Gasteiger partial charge in [-0.15, -0.1) is 0 Å². The molecule has 0 spiro atoms. The molecular weight excluding hydrogens is 312 g/mol. The fraction of sp³-hybridized carbons (Fsp3) is 0.412. The van der Waals surface area contributed by atoms with Gasteiger partial charge in [-0.05, 0) is 12.1 Å². The Kier molecular flexibility index (Phi) is 4.00. The van der Waals surface area contributed by atoms with E-state index in [1.54, 1.807) is 12.1 Å². The fourth-order valence-electron chi connectivity index (χ4n) is 2.84. The number of carboxylic acids is 1. The number of fused-ring (bicyclic) bond motifs is 1. The maximum absolute atomic E-state index is 12.6. The Morgan fingerprint density at radius 1 is 1.04 bits per heavy atom. The van der Waals surface area contributed by atoms with Crippen LogP contribution in [0.2, 0.25) is 0 Å². The van der Waals surface area contributed by atoms with Crippen LogP contribution >= 0.6 is 0 Å². The molecule has 1 aromatic rings. The number of hydrogen-bond donors (Lipinski definition) is 2. The van der Waals surface area contributed by atoms with Crippen LogP contribution in [-0.2, 0) is 9.59 Å². The highest BCUT2D eigenvalue weighted by Gasteiger charge is 2.56. The first-order valence-electron chi connectivity index (χ1n) is 7.44. The van der Waals surface area contributed by atoms with Crippen LogP contribution in [0, 0.1) is 10.8 Å². The van der Waals surface area contributed by atoms with Crippen LogP contribution in [0.25, 0.3) is 0 Å². The van der Waals surface area contributed by atoms with Gasteiger partial charge in [0, 0.05) is 5.41 Å². The third kappa shape index (κ3) is 2.28. The van der Waals surface area contributed by atoms with Crippen molar-refractivity contribution in [2.24, 2.45) is 16.6 Å². The number of nitrogens with zero attached hydrogens (tertiary/aromatic N) is 1. The van der Waals surface area contributed by atoms with Crippen LogP contribution in [0.5, 0.6) is 0 Å². The Hall–Kier alpha value is -2.70. The first-order valence-corrected chi connectivity index (χ1v) is 7.44. The van der Waals surface area contributed by atoms with E-state index in [-0.39, 0.29) is 11.1 Å². The summed E-state index contributed by atoms with van der Waals surface area (Å²) in [7, 11) is 0. The molecule has 1 aromatic carbocycles. The molecule has 3 amide bonds. The van der Waals surface area contributed by atoms with Crippen LogP contribution in [0.15, 0.2) is 24.3 Å². The van der Waals surface area contributed by atoms with Gasteiger partial charge in [-0.25, -0.2) is 4.79 Å². The normalized spacial score (nSPS) is 16.1. The minimum Gasteiger partial charge on any atom is -0.480 e. The number of rotatable bonds is 5. The van der Waals surface area contributed by atoms with E-state index < -0.39 is 40.6 Å². The smallest absolute Gasteiger partial charge is 0.327 e. The summed E-state index contributed by atoms with van der Waals surface area (Å²) >= 11 is 0. The lowest BCUT2D eigenvalue weighted by Crippen LogP contribution is -2.60.